The molecule has 1 atom stereocenters. The molecule has 0 spiro atoms. The fourth-order valence-corrected chi connectivity index (χ4v) is 3.12. The lowest BCUT2D eigenvalue weighted by Gasteiger charge is -2.24. The molecule has 1 unspecified atom stereocenters. The van der Waals surface area contributed by atoms with E-state index < -0.39 is 0 Å². The zero-order valence-corrected chi connectivity index (χ0v) is 11.6. The van der Waals surface area contributed by atoms with Crippen LogP contribution in [-0.2, 0) is 0 Å². The molecule has 1 fully saturated rings. The van der Waals surface area contributed by atoms with E-state index in [0.29, 0.717) is 5.56 Å². The van der Waals surface area contributed by atoms with Gasteiger partial charge in [0.05, 0.1) is 0 Å². The van der Waals surface area contributed by atoms with Crippen LogP contribution >= 0.6 is 0 Å². The SMILES string of the molecule is CNC(CCC1CCCCC1)c1cc(F)ccc1F. The lowest BCUT2D eigenvalue weighted by molar-refractivity contribution is 0.315. The smallest absolute Gasteiger partial charge is 0.128 e. The third kappa shape index (κ3) is 4.00. The van der Waals surface area contributed by atoms with Crippen LogP contribution in [0.4, 0.5) is 8.78 Å². The van der Waals surface area contributed by atoms with Gasteiger partial charge in [0.15, 0.2) is 0 Å². The van der Waals surface area contributed by atoms with Gasteiger partial charge in [-0.15, -0.1) is 0 Å². The average molecular weight is 267 g/mol. The molecule has 0 heterocycles. The summed E-state index contributed by atoms with van der Waals surface area (Å²) < 4.78 is 27.0. The van der Waals surface area contributed by atoms with Crippen LogP contribution in [0.15, 0.2) is 18.2 Å². The van der Waals surface area contributed by atoms with E-state index >= 15 is 0 Å². The Balaban J connectivity index is 1.97. The molecule has 1 aliphatic rings. The van der Waals surface area contributed by atoms with Crippen molar-refractivity contribution in [3.8, 4) is 0 Å². The summed E-state index contributed by atoms with van der Waals surface area (Å²) in [5.41, 5.74) is 0.457. The second kappa shape index (κ2) is 6.99. The van der Waals surface area contributed by atoms with Crippen LogP contribution in [0, 0.1) is 17.6 Å². The zero-order valence-electron chi connectivity index (χ0n) is 11.6. The third-order valence-electron chi connectivity index (χ3n) is 4.27. The Morgan fingerprint density at radius 3 is 2.63 bits per heavy atom. The van der Waals surface area contributed by atoms with Gasteiger partial charge in [0.25, 0.3) is 0 Å². The molecule has 0 radical (unpaired) electrons. The first-order chi connectivity index (χ1) is 9.20. The van der Waals surface area contributed by atoms with Crippen molar-refractivity contribution in [2.45, 2.75) is 51.0 Å². The highest BCUT2D eigenvalue weighted by Gasteiger charge is 2.19. The van der Waals surface area contributed by atoms with Gasteiger partial charge in [-0.05, 0) is 44.0 Å². The Morgan fingerprint density at radius 1 is 1.21 bits per heavy atom. The van der Waals surface area contributed by atoms with Crippen LogP contribution in [0.2, 0.25) is 0 Å². The molecule has 19 heavy (non-hydrogen) atoms. The average Bonchev–Trinajstić information content (AvgIpc) is 2.44. The molecule has 0 saturated heterocycles. The minimum Gasteiger partial charge on any atom is -0.313 e. The molecule has 0 amide bonds. The molecule has 1 aliphatic carbocycles. The largest absolute Gasteiger partial charge is 0.313 e. The first-order valence-electron chi connectivity index (χ1n) is 7.33. The topological polar surface area (TPSA) is 12.0 Å². The second-order valence-electron chi connectivity index (χ2n) is 5.59. The number of hydrogen-bond acceptors (Lipinski definition) is 1. The van der Waals surface area contributed by atoms with Gasteiger partial charge in [-0.1, -0.05) is 32.1 Å². The molecule has 1 aromatic carbocycles. The number of hydrogen-bond donors (Lipinski definition) is 1. The predicted molar refractivity (Wildman–Crippen MR) is 74.0 cm³/mol. The van der Waals surface area contributed by atoms with Crippen LogP contribution in [0.25, 0.3) is 0 Å². The van der Waals surface area contributed by atoms with E-state index in [1.807, 2.05) is 7.05 Å². The van der Waals surface area contributed by atoms with Gasteiger partial charge in [-0.2, -0.15) is 0 Å². The zero-order chi connectivity index (χ0) is 13.7. The van der Waals surface area contributed by atoms with E-state index in [0.717, 1.165) is 18.8 Å². The van der Waals surface area contributed by atoms with E-state index in [1.165, 1.54) is 50.3 Å². The summed E-state index contributed by atoms with van der Waals surface area (Å²) in [6.45, 7) is 0. The van der Waals surface area contributed by atoms with E-state index in [1.54, 1.807) is 0 Å². The van der Waals surface area contributed by atoms with Crippen molar-refractivity contribution in [2.75, 3.05) is 7.05 Å². The highest BCUT2D eigenvalue weighted by atomic mass is 19.1. The Bertz CT molecular complexity index is 400. The van der Waals surface area contributed by atoms with Crippen molar-refractivity contribution >= 4 is 0 Å². The van der Waals surface area contributed by atoms with E-state index in [-0.39, 0.29) is 17.7 Å². The number of halogens is 2. The van der Waals surface area contributed by atoms with Gasteiger partial charge >= 0.3 is 0 Å². The summed E-state index contributed by atoms with van der Waals surface area (Å²) in [5.74, 6) is 0.0833. The first-order valence-corrected chi connectivity index (χ1v) is 7.33. The molecular formula is C16H23F2N. The fraction of sp³-hybridized carbons (Fsp3) is 0.625. The lowest BCUT2D eigenvalue weighted by Crippen LogP contribution is -2.19. The van der Waals surface area contributed by atoms with Crippen molar-refractivity contribution in [1.29, 1.82) is 0 Å². The van der Waals surface area contributed by atoms with Crippen molar-refractivity contribution in [3.05, 3.63) is 35.4 Å². The maximum Gasteiger partial charge on any atom is 0.128 e. The molecule has 1 nitrogen and oxygen atoms in total. The Hall–Kier alpha value is -0.960. The highest BCUT2D eigenvalue weighted by Crippen LogP contribution is 2.31. The lowest BCUT2D eigenvalue weighted by atomic mass is 9.84. The van der Waals surface area contributed by atoms with Crippen molar-refractivity contribution in [3.63, 3.8) is 0 Å². The molecule has 3 heteroatoms. The van der Waals surface area contributed by atoms with Crippen molar-refractivity contribution in [1.82, 2.24) is 5.32 Å². The Labute approximate surface area is 114 Å². The summed E-state index contributed by atoms with van der Waals surface area (Å²) in [7, 11) is 1.82. The predicted octanol–water partition coefficient (Wildman–Crippen LogP) is 4.59. The summed E-state index contributed by atoms with van der Waals surface area (Å²) in [5, 5.41) is 3.12. The third-order valence-corrected chi connectivity index (χ3v) is 4.27. The van der Waals surface area contributed by atoms with E-state index in [4.69, 9.17) is 0 Å². The van der Waals surface area contributed by atoms with Crippen LogP contribution in [0.5, 0.6) is 0 Å². The Kier molecular flexibility index (Phi) is 5.32. The monoisotopic (exact) mass is 267 g/mol. The van der Waals surface area contributed by atoms with Crippen LogP contribution in [0.3, 0.4) is 0 Å². The van der Waals surface area contributed by atoms with Gasteiger partial charge in [-0.3, -0.25) is 0 Å². The molecule has 0 aromatic heterocycles. The molecule has 1 N–H and O–H groups in total. The van der Waals surface area contributed by atoms with Crippen molar-refractivity contribution in [2.24, 2.45) is 5.92 Å². The minimum absolute atomic E-state index is 0.0855. The fourth-order valence-electron chi connectivity index (χ4n) is 3.12. The first kappa shape index (κ1) is 14.4. The molecule has 2 rings (SSSR count). The normalized spacial score (nSPS) is 18.5. The summed E-state index contributed by atoms with van der Waals surface area (Å²) >= 11 is 0. The van der Waals surface area contributed by atoms with E-state index in [2.05, 4.69) is 5.32 Å². The molecular weight excluding hydrogens is 244 g/mol. The van der Waals surface area contributed by atoms with Gasteiger partial charge in [0.2, 0.25) is 0 Å². The Morgan fingerprint density at radius 2 is 1.95 bits per heavy atom. The molecule has 0 bridgehead atoms. The summed E-state index contributed by atoms with van der Waals surface area (Å²) in [6, 6.07) is 3.62. The highest BCUT2D eigenvalue weighted by molar-refractivity contribution is 5.22. The van der Waals surface area contributed by atoms with Gasteiger partial charge in [0.1, 0.15) is 11.6 Å². The van der Waals surface area contributed by atoms with Gasteiger partial charge < -0.3 is 5.32 Å². The number of rotatable bonds is 5. The standard InChI is InChI=1S/C16H23F2N/c1-19-16(10-7-12-5-3-2-4-6-12)14-11-13(17)8-9-15(14)18/h8-9,11-12,16,19H,2-7,10H2,1H3. The number of benzene rings is 1. The van der Waals surface area contributed by atoms with E-state index in [9.17, 15) is 8.78 Å². The molecule has 106 valence electrons. The van der Waals surface area contributed by atoms with Crippen LogP contribution in [0.1, 0.15) is 56.6 Å². The second-order valence-corrected chi connectivity index (χ2v) is 5.59. The minimum atomic E-state index is -0.366. The van der Waals surface area contributed by atoms with Gasteiger partial charge in [0, 0.05) is 11.6 Å². The molecule has 0 aliphatic heterocycles. The quantitative estimate of drug-likeness (QED) is 0.823. The van der Waals surface area contributed by atoms with Gasteiger partial charge in [-0.25, -0.2) is 8.78 Å². The molecule has 1 saturated carbocycles. The van der Waals surface area contributed by atoms with Crippen LogP contribution in [-0.4, -0.2) is 7.05 Å². The maximum atomic E-state index is 13.8. The summed E-state index contributed by atoms with van der Waals surface area (Å²) in [4.78, 5) is 0. The van der Waals surface area contributed by atoms with Crippen LogP contribution < -0.4 is 5.32 Å². The molecule has 1 aromatic rings. The van der Waals surface area contributed by atoms with Crippen molar-refractivity contribution < 1.29 is 8.78 Å². The maximum absolute atomic E-state index is 13.8. The number of nitrogens with one attached hydrogen (secondary N) is 1. The summed E-state index contributed by atoms with van der Waals surface area (Å²) in [6.07, 6.45) is 8.56.